The number of rotatable bonds is 4. The first kappa shape index (κ1) is 23.9. The molecule has 5 nitrogen and oxygen atoms in total. The molecule has 3 rings (SSSR count). The van der Waals surface area contributed by atoms with E-state index in [-0.39, 0.29) is 24.5 Å². The van der Waals surface area contributed by atoms with Crippen molar-refractivity contribution in [3.63, 3.8) is 0 Å². The molecule has 31 heavy (non-hydrogen) atoms. The Balaban J connectivity index is 1.67. The lowest BCUT2D eigenvalue weighted by Crippen LogP contribution is -2.61. The number of fused-ring (bicyclic) bond motifs is 1. The first-order valence-corrected chi connectivity index (χ1v) is 11.1. The predicted octanol–water partition coefficient (Wildman–Crippen LogP) is 5.48. The van der Waals surface area contributed by atoms with Crippen molar-refractivity contribution in [2.45, 2.75) is 90.4 Å². The van der Waals surface area contributed by atoms with Crippen LogP contribution >= 0.6 is 0 Å². The van der Waals surface area contributed by atoms with Crippen LogP contribution in [-0.2, 0) is 22.5 Å². The van der Waals surface area contributed by atoms with Crippen LogP contribution < -0.4 is 5.32 Å². The van der Waals surface area contributed by atoms with Gasteiger partial charge in [-0.3, -0.25) is 0 Å². The Morgan fingerprint density at radius 1 is 1.10 bits per heavy atom. The van der Waals surface area contributed by atoms with Crippen molar-refractivity contribution in [1.82, 2.24) is 5.32 Å². The van der Waals surface area contributed by atoms with E-state index < -0.39 is 22.7 Å². The summed E-state index contributed by atoms with van der Waals surface area (Å²) in [5.41, 5.74) is 1.45. The van der Waals surface area contributed by atoms with Crippen molar-refractivity contribution in [3.05, 3.63) is 35.4 Å². The van der Waals surface area contributed by atoms with Crippen LogP contribution in [0.15, 0.2) is 24.3 Å². The number of nitrogens with zero attached hydrogens (tertiary/aromatic N) is 1. The Bertz CT molecular complexity index is 770. The number of nitrogens with one attached hydrogen (secondary N) is 1. The van der Waals surface area contributed by atoms with Gasteiger partial charge in [-0.25, -0.2) is 4.79 Å². The number of hydrogen-bond donors (Lipinski definition) is 1. The quantitative estimate of drug-likeness (QED) is 0.627. The normalized spacial score (nSPS) is 27.8. The molecule has 1 aromatic carbocycles. The lowest BCUT2D eigenvalue weighted by atomic mass is 9.80. The van der Waals surface area contributed by atoms with Crippen LogP contribution in [0.3, 0.4) is 0 Å². The van der Waals surface area contributed by atoms with Crippen LogP contribution in [-0.4, -0.2) is 41.3 Å². The Labute approximate surface area is 182 Å². The number of hydroxylamine groups is 3. The lowest BCUT2D eigenvalue weighted by Gasteiger charge is -2.46. The summed E-state index contributed by atoms with van der Waals surface area (Å²) >= 11 is 0. The highest BCUT2D eigenvalue weighted by atomic mass is 19.4. The average Bonchev–Trinajstić information content (AvgIpc) is 2.65. The molecule has 0 saturated heterocycles. The number of hydrogen-bond acceptors (Lipinski definition) is 3. The number of benzene rings is 1. The summed E-state index contributed by atoms with van der Waals surface area (Å²) in [7, 11) is 0. The molecule has 8 heteroatoms. The van der Waals surface area contributed by atoms with Crippen LogP contribution in [0, 0.1) is 5.92 Å². The minimum atomic E-state index is -4.70. The first-order chi connectivity index (χ1) is 14.4. The Morgan fingerprint density at radius 2 is 1.71 bits per heavy atom. The molecule has 1 heterocycles. The van der Waals surface area contributed by atoms with Crippen molar-refractivity contribution < 1.29 is 32.2 Å². The highest BCUT2D eigenvalue weighted by Crippen LogP contribution is 2.40. The molecule has 0 bridgehead atoms. The van der Waals surface area contributed by atoms with E-state index in [1.165, 1.54) is 0 Å². The number of alkyl carbamates (subject to hydrolysis) is 1. The molecule has 1 N–H and O–H groups in total. The highest BCUT2D eigenvalue weighted by molar-refractivity contribution is 5.68. The van der Waals surface area contributed by atoms with E-state index in [4.69, 9.17) is 9.57 Å². The van der Waals surface area contributed by atoms with Gasteiger partial charge in [0.25, 0.3) is 0 Å². The van der Waals surface area contributed by atoms with Crippen molar-refractivity contribution in [3.8, 4) is 0 Å². The Morgan fingerprint density at radius 3 is 2.29 bits per heavy atom. The molecule has 1 aliphatic carbocycles. The average molecular weight is 444 g/mol. The third-order valence-electron chi connectivity index (χ3n) is 6.52. The van der Waals surface area contributed by atoms with Crippen LogP contribution in [0.1, 0.15) is 64.5 Å². The highest BCUT2D eigenvalue weighted by Gasteiger charge is 2.52. The maximum Gasteiger partial charge on any atom is 0.568 e. The fourth-order valence-electron chi connectivity index (χ4n) is 4.95. The van der Waals surface area contributed by atoms with Crippen molar-refractivity contribution in [1.29, 1.82) is 0 Å². The molecule has 2 aliphatic rings. The molecular weight excluding hydrogens is 409 g/mol. The summed E-state index contributed by atoms with van der Waals surface area (Å²) in [6.07, 6.45) is -1.66. The zero-order chi connectivity index (χ0) is 22.9. The van der Waals surface area contributed by atoms with Crippen molar-refractivity contribution >= 4 is 6.09 Å². The number of amides is 1. The van der Waals surface area contributed by atoms with Gasteiger partial charge in [0, 0.05) is 23.9 Å². The second kappa shape index (κ2) is 8.98. The fraction of sp³-hybridized carbons (Fsp3) is 0.696. The minimum absolute atomic E-state index is 0.0163. The summed E-state index contributed by atoms with van der Waals surface area (Å²) in [4.78, 5) is 16.9. The summed E-state index contributed by atoms with van der Waals surface area (Å²) in [6, 6.07) is 7.34. The molecule has 0 spiro atoms. The predicted molar refractivity (Wildman–Crippen MR) is 111 cm³/mol. The van der Waals surface area contributed by atoms with Gasteiger partial charge in [0.1, 0.15) is 24.7 Å². The summed E-state index contributed by atoms with van der Waals surface area (Å²) in [5.74, 6) is 0.0873. The molecule has 2 atom stereocenters. The van der Waals surface area contributed by atoms with E-state index in [2.05, 4.69) is 5.32 Å². The van der Waals surface area contributed by atoms with Crippen LogP contribution in [0.25, 0.3) is 0 Å². The van der Waals surface area contributed by atoms with E-state index in [1.807, 2.05) is 52.0 Å². The minimum Gasteiger partial charge on any atom is -0.444 e. The van der Waals surface area contributed by atoms with Gasteiger partial charge in [-0.15, -0.1) is 13.2 Å². The van der Waals surface area contributed by atoms with E-state index >= 15 is 0 Å². The molecule has 0 radical (unpaired) electrons. The van der Waals surface area contributed by atoms with Gasteiger partial charge < -0.3 is 10.1 Å². The molecule has 174 valence electrons. The van der Waals surface area contributed by atoms with Crippen molar-refractivity contribution in [2.24, 2.45) is 5.92 Å². The number of carbonyl (C=O) groups excluding carboxylic acids is 1. The summed E-state index contributed by atoms with van der Waals surface area (Å²) in [5, 5.41) is 2.90. The van der Waals surface area contributed by atoms with Gasteiger partial charge in [-0.05, 0) is 58.9 Å². The standard InChI is InChI=1S/C23H33F3N2O3/c1-16(17-9-11-20(12-10-17)27-21(29)30-22(2,3)4)28(31-23(24,25)26)14-13-18-7-5-6-8-19(18)15-28/h5-8,16-17,20H,9-15H2,1-4H3/p+1/t16?,17-,20-,28?. The third kappa shape index (κ3) is 6.35. The summed E-state index contributed by atoms with van der Waals surface area (Å²) in [6.45, 7) is 7.83. The fourth-order valence-corrected chi connectivity index (χ4v) is 4.95. The second-order valence-corrected chi connectivity index (χ2v) is 9.89. The smallest absolute Gasteiger partial charge is 0.444 e. The summed E-state index contributed by atoms with van der Waals surface area (Å²) < 4.78 is 45.2. The largest absolute Gasteiger partial charge is 0.568 e. The molecule has 2 unspecified atom stereocenters. The van der Waals surface area contributed by atoms with Crippen LogP contribution in [0.2, 0.25) is 0 Å². The molecule has 0 aromatic heterocycles. The monoisotopic (exact) mass is 443 g/mol. The maximum atomic E-state index is 13.4. The van der Waals surface area contributed by atoms with E-state index in [1.54, 1.807) is 0 Å². The van der Waals surface area contributed by atoms with Gasteiger partial charge in [0.15, 0.2) is 0 Å². The van der Waals surface area contributed by atoms with E-state index in [9.17, 15) is 18.0 Å². The zero-order valence-corrected chi connectivity index (χ0v) is 18.8. The molecule has 1 aromatic rings. The number of quaternary nitrogens is 1. The van der Waals surface area contributed by atoms with Crippen LogP contribution in [0.5, 0.6) is 0 Å². The topological polar surface area (TPSA) is 47.6 Å². The van der Waals surface area contributed by atoms with Crippen molar-refractivity contribution in [2.75, 3.05) is 6.54 Å². The molecular formula is C23H34F3N2O3+. The number of alkyl halides is 3. The third-order valence-corrected chi connectivity index (χ3v) is 6.52. The van der Waals surface area contributed by atoms with Gasteiger partial charge in [0.2, 0.25) is 0 Å². The SMILES string of the molecule is CC([C@H]1CC[C@H](NC(=O)OC(C)(C)C)CC1)[N+]1(OC(F)(F)F)CCc2ccccc2C1. The van der Waals surface area contributed by atoms with E-state index in [0.29, 0.717) is 13.0 Å². The second-order valence-electron chi connectivity index (χ2n) is 9.89. The van der Waals surface area contributed by atoms with Gasteiger partial charge >= 0.3 is 12.5 Å². The van der Waals surface area contributed by atoms with E-state index in [0.717, 1.165) is 36.8 Å². The molecule has 1 amide bonds. The van der Waals surface area contributed by atoms with Gasteiger partial charge in [-0.2, -0.15) is 4.65 Å². The zero-order valence-electron chi connectivity index (χ0n) is 18.8. The van der Waals surface area contributed by atoms with Crippen LogP contribution in [0.4, 0.5) is 18.0 Å². The molecule has 1 fully saturated rings. The number of halogens is 3. The first-order valence-electron chi connectivity index (χ1n) is 11.1. The number of ether oxygens (including phenoxy) is 1. The van der Waals surface area contributed by atoms with Gasteiger partial charge in [0.05, 0.1) is 0 Å². The molecule has 1 saturated carbocycles. The lowest BCUT2D eigenvalue weighted by molar-refractivity contribution is -1.16. The molecule has 1 aliphatic heterocycles. The Hall–Kier alpha value is -1.80. The number of carbonyl (C=O) groups is 1. The Kier molecular flexibility index (Phi) is 6.91. The maximum absolute atomic E-state index is 13.4. The van der Waals surface area contributed by atoms with Gasteiger partial charge in [-0.1, -0.05) is 29.1 Å².